The second-order valence-corrected chi connectivity index (χ2v) is 5.78. The SMILES string of the molecule is Cc1cnc(OCC(=NN)C(=Nc2ccc(Cl)c(C(F)F)c2)C(F)(F)F)nc1. The number of hydrogen-bond donors (Lipinski definition) is 1. The summed E-state index contributed by atoms with van der Waals surface area (Å²) in [6.07, 6.45) is -5.16. The molecule has 28 heavy (non-hydrogen) atoms. The minimum Gasteiger partial charge on any atom is -0.457 e. The lowest BCUT2D eigenvalue weighted by Crippen LogP contribution is -2.35. The van der Waals surface area contributed by atoms with Crippen molar-refractivity contribution >= 4 is 28.7 Å². The van der Waals surface area contributed by atoms with Gasteiger partial charge in [0.25, 0.3) is 6.43 Å². The van der Waals surface area contributed by atoms with Gasteiger partial charge < -0.3 is 10.6 Å². The quantitative estimate of drug-likeness (QED) is 0.324. The minimum atomic E-state index is -4.99. The van der Waals surface area contributed by atoms with E-state index in [-0.39, 0.29) is 11.0 Å². The van der Waals surface area contributed by atoms with Gasteiger partial charge in [0.15, 0.2) is 5.71 Å². The van der Waals surface area contributed by atoms with E-state index in [1.807, 2.05) is 0 Å². The summed E-state index contributed by atoms with van der Waals surface area (Å²) in [5.74, 6) is 5.06. The molecule has 0 spiro atoms. The number of aromatic nitrogens is 2. The fourth-order valence-electron chi connectivity index (χ4n) is 1.94. The predicted octanol–water partition coefficient (Wildman–Crippen LogP) is 4.40. The van der Waals surface area contributed by atoms with Crippen LogP contribution in [0.5, 0.6) is 6.01 Å². The van der Waals surface area contributed by atoms with Gasteiger partial charge in [0, 0.05) is 23.0 Å². The van der Waals surface area contributed by atoms with Crippen LogP contribution in [0.15, 0.2) is 40.7 Å². The maximum atomic E-state index is 13.4. The van der Waals surface area contributed by atoms with Crippen LogP contribution in [-0.2, 0) is 0 Å². The number of aryl methyl sites for hydroxylation is 1. The molecule has 1 aromatic carbocycles. The highest BCUT2D eigenvalue weighted by atomic mass is 35.5. The number of rotatable bonds is 6. The number of nitrogens with zero attached hydrogens (tertiary/aromatic N) is 4. The molecule has 0 atom stereocenters. The van der Waals surface area contributed by atoms with Crippen LogP contribution < -0.4 is 10.6 Å². The average molecular weight is 422 g/mol. The number of halogens is 6. The largest absolute Gasteiger partial charge is 0.457 e. The summed E-state index contributed by atoms with van der Waals surface area (Å²) in [5.41, 5.74) is -2.62. The Morgan fingerprint density at radius 1 is 1.25 bits per heavy atom. The summed E-state index contributed by atoms with van der Waals surface area (Å²) in [7, 11) is 0. The third kappa shape index (κ3) is 5.59. The van der Waals surface area contributed by atoms with Crippen LogP contribution in [0.25, 0.3) is 0 Å². The first-order chi connectivity index (χ1) is 13.1. The first-order valence-corrected chi connectivity index (χ1v) is 7.91. The Morgan fingerprint density at radius 3 is 2.43 bits per heavy atom. The van der Waals surface area contributed by atoms with Crippen molar-refractivity contribution in [1.29, 1.82) is 0 Å². The van der Waals surface area contributed by atoms with Gasteiger partial charge >= 0.3 is 12.2 Å². The van der Waals surface area contributed by atoms with Gasteiger partial charge in [-0.15, -0.1) is 0 Å². The smallest absolute Gasteiger partial charge is 0.435 e. The van der Waals surface area contributed by atoms with E-state index in [0.29, 0.717) is 0 Å². The molecule has 0 aliphatic rings. The molecule has 12 heteroatoms. The summed E-state index contributed by atoms with van der Waals surface area (Å²) >= 11 is 5.61. The number of benzene rings is 1. The number of hydrogen-bond acceptors (Lipinski definition) is 6. The average Bonchev–Trinajstić information content (AvgIpc) is 2.62. The molecule has 1 heterocycles. The van der Waals surface area contributed by atoms with E-state index in [0.717, 1.165) is 23.8 Å². The predicted molar refractivity (Wildman–Crippen MR) is 93.4 cm³/mol. The van der Waals surface area contributed by atoms with Crippen molar-refractivity contribution in [3.63, 3.8) is 0 Å². The number of nitrogens with two attached hydrogens (primary N) is 1. The Balaban J connectivity index is 2.34. The van der Waals surface area contributed by atoms with E-state index in [1.54, 1.807) is 6.92 Å². The molecule has 0 saturated carbocycles. The summed E-state index contributed by atoms with van der Waals surface area (Å²) in [6, 6.07) is 2.63. The Kier molecular flexibility index (Phi) is 6.84. The molecule has 0 aliphatic carbocycles. The van der Waals surface area contributed by atoms with Gasteiger partial charge in [-0.3, -0.25) is 0 Å². The van der Waals surface area contributed by atoms with Gasteiger partial charge in [-0.05, 0) is 30.7 Å². The van der Waals surface area contributed by atoms with E-state index >= 15 is 0 Å². The maximum Gasteiger partial charge on any atom is 0.435 e. The number of aliphatic imine (C=N–C) groups is 1. The van der Waals surface area contributed by atoms with Crippen molar-refractivity contribution in [2.45, 2.75) is 19.5 Å². The molecule has 1 aromatic heterocycles. The molecule has 2 aromatic rings. The van der Waals surface area contributed by atoms with Crippen LogP contribution in [-0.4, -0.2) is 34.2 Å². The molecule has 0 bridgehead atoms. The van der Waals surface area contributed by atoms with Crippen molar-refractivity contribution in [2.75, 3.05) is 6.61 Å². The van der Waals surface area contributed by atoms with Crippen molar-refractivity contribution in [3.05, 3.63) is 46.7 Å². The topological polar surface area (TPSA) is 85.8 Å². The fraction of sp³-hybridized carbons (Fsp3) is 0.250. The Morgan fingerprint density at radius 2 is 1.89 bits per heavy atom. The zero-order valence-corrected chi connectivity index (χ0v) is 15.0. The number of hydrazone groups is 1. The monoisotopic (exact) mass is 421 g/mol. The highest BCUT2D eigenvalue weighted by Crippen LogP contribution is 2.31. The fourth-order valence-corrected chi connectivity index (χ4v) is 2.14. The lowest BCUT2D eigenvalue weighted by atomic mass is 10.2. The normalized spacial score (nSPS) is 13.1. The zero-order valence-electron chi connectivity index (χ0n) is 14.2. The molecule has 0 aliphatic heterocycles. The van der Waals surface area contributed by atoms with E-state index in [9.17, 15) is 22.0 Å². The van der Waals surface area contributed by atoms with Crippen LogP contribution in [0.1, 0.15) is 17.6 Å². The molecule has 6 nitrogen and oxygen atoms in total. The van der Waals surface area contributed by atoms with E-state index in [1.165, 1.54) is 12.4 Å². The van der Waals surface area contributed by atoms with Gasteiger partial charge in [0.1, 0.15) is 12.3 Å². The Labute approximate surface area is 160 Å². The van der Waals surface area contributed by atoms with E-state index in [4.69, 9.17) is 22.2 Å². The molecule has 2 rings (SSSR count). The highest BCUT2D eigenvalue weighted by molar-refractivity contribution is 6.45. The van der Waals surface area contributed by atoms with E-state index in [2.05, 4.69) is 20.1 Å². The molecular weight excluding hydrogens is 409 g/mol. The Bertz CT molecular complexity index is 884. The lowest BCUT2D eigenvalue weighted by molar-refractivity contribution is -0.0567. The van der Waals surface area contributed by atoms with Crippen LogP contribution in [0, 0.1) is 6.92 Å². The standard InChI is InChI=1S/C16H13ClF5N5O/c1-8-5-24-15(25-6-8)28-7-12(27-23)13(16(20,21)22)26-9-2-3-11(17)10(4-9)14(18)19/h2-6,14H,7,23H2,1H3. The second-order valence-electron chi connectivity index (χ2n) is 5.37. The van der Waals surface area contributed by atoms with Crippen molar-refractivity contribution < 1.29 is 26.7 Å². The molecule has 0 fully saturated rings. The van der Waals surface area contributed by atoms with Crippen molar-refractivity contribution in [2.24, 2.45) is 15.9 Å². The summed E-state index contributed by atoms with van der Waals surface area (Å²) in [5, 5.41) is 2.77. The Hall–Kier alpha value is -2.82. The van der Waals surface area contributed by atoms with Gasteiger partial charge in [0.05, 0.1) is 5.69 Å². The minimum absolute atomic E-state index is 0.195. The summed E-state index contributed by atoms with van der Waals surface area (Å²) < 4.78 is 71.2. The van der Waals surface area contributed by atoms with Crippen LogP contribution in [0.4, 0.5) is 27.6 Å². The number of ether oxygens (including phenoxy) is 1. The third-order valence-corrected chi connectivity index (χ3v) is 3.59. The maximum absolute atomic E-state index is 13.4. The summed E-state index contributed by atoms with van der Waals surface area (Å²) in [4.78, 5) is 10.9. The second kappa shape index (κ2) is 8.91. The van der Waals surface area contributed by atoms with Gasteiger partial charge in [-0.25, -0.2) is 23.7 Å². The van der Waals surface area contributed by atoms with Crippen LogP contribution >= 0.6 is 11.6 Å². The molecule has 150 valence electrons. The van der Waals surface area contributed by atoms with Crippen molar-refractivity contribution in [1.82, 2.24) is 9.97 Å². The highest BCUT2D eigenvalue weighted by Gasteiger charge is 2.39. The van der Waals surface area contributed by atoms with Gasteiger partial charge in [0.2, 0.25) is 0 Å². The molecule has 0 saturated heterocycles. The van der Waals surface area contributed by atoms with Gasteiger partial charge in [-0.1, -0.05) is 11.6 Å². The first-order valence-electron chi connectivity index (χ1n) is 7.54. The molecule has 0 amide bonds. The third-order valence-electron chi connectivity index (χ3n) is 3.25. The zero-order chi connectivity index (χ0) is 20.9. The molecular formula is C16H13ClF5N5O. The van der Waals surface area contributed by atoms with Crippen molar-refractivity contribution in [3.8, 4) is 6.01 Å². The lowest BCUT2D eigenvalue weighted by Gasteiger charge is -2.13. The van der Waals surface area contributed by atoms with Crippen LogP contribution in [0.3, 0.4) is 0 Å². The van der Waals surface area contributed by atoms with Gasteiger partial charge in [-0.2, -0.15) is 18.3 Å². The van der Waals surface area contributed by atoms with Crippen LogP contribution in [0.2, 0.25) is 5.02 Å². The first kappa shape index (κ1) is 21.5. The molecule has 2 N–H and O–H groups in total. The summed E-state index contributed by atoms with van der Waals surface area (Å²) in [6.45, 7) is 0.970. The van der Waals surface area contributed by atoms with E-state index < -0.39 is 41.9 Å². The number of alkyl halides is 5. The molecule has 0 radical (unpaired) electrons. The molecule has 0 unspecified atom stereocenters.